The van der Waals surface area contributed by atoms with Crippen LogP contribution in [0.1, 0.15) is 10.4 Å². The van der Waals surface area contributed by atoms with Gasteiger partial charge >= 0.3 is 0 Å². The number of ether oxygens (including phenoxy) is 1. The fourth-order valence-electron chi connectivity index (χ4n) is 1.73. The Labute approximate surface area is 95.2 Å². The van der Waals surface area contributed by atoms with Crippen molar-refractivity contribution in [2.75, 3.05) is 33.3 Å². The SMILES string of the molecule is COc1ccc(C(=O)N2CC[N]CC2)cc1. The standard InChI is InChI=1S/C12H15N2O2/c1-16-11-4-2-10(3-5-11)12(15)14-8-6-13-7-9-14/h2-5H,6-9H2,1H3. The highest BCUT2D eigenvalue weighted by Gasteiger charge is 2.17. The molecule has 0 unspecified atom stereocenters. The summed E-state index contributed by atoms with van der Waals surface area (Å²) in [5.41, 5.74) is 0.711. The molecule has 1 aromatic carbocycles. The van der Waals surface area contributed by atoms with Gasteiger partial charge in [0.1, 0.15) is 5.75 Å². The molecule has 4 nitrogen and oxygen atoms in total. The van der Waals surface area contributed by atoms with Crippen LogP contribution in [0.4, 0.5) is 0 Å². The first-order valence-electron chi connectivity index (χ1n) is 5.38. The molecule has 1 heterocycles. The first-order valence-corrected chi connectivity index (χ1v) is 5.38. The predicted molar refractivity (Wildman–Crippen MR) is 60.8 cm³/mol. The summed E-state index contributed by atoms with van der Waals surface area (Å²) in [5.74, 6) is 0.850. The van der Waals surface area contributed by atoms with E-state index in [4.69, 9.17) is 4.74 Å². The van der Waals surface area contributed by atoms with Gasteiger partial charge in [0.25, 0.3) is 5.91 Å². The van der Waals surface area contributed by atoms with Crippen LogP contribution in [0, 0.1) is 0 Å². The molecule has 0 N–H and O–H groups in total. The Morgan fingerprint density at radius 2 is 1.88 bits per heavy atom. The van der Waals surface area contributed by atoms with Gasteiger partial charge in [-0.1, -0.05) is 0 Å². The molecular formula is C12H15N2O2. The highest BCUT2D eigenvalue weighted by molar-refractivity contribution is 5.94. The van der Waals surface area contributed by atoms with Gasteiger partial charge in [0.15, 0.2) is 0 Å². The minimum atomic E-state index is 0.0811. The van der Waals surface area contributed by atoms with Gasteiger partial charge in [-0.05, 0) is 24.3 Å². The smallest absolute Gasteiger partial charge is 0.253 e. The minimum absolute atomic E-state index is 0.0811. The number of amides is 1. The molecule has 0 saturated carbocycles. The summed E-state index contributed by atoms with van der Waals surface area (Å²) < 4.78 is 5.05. The lowest BCUT2D eigenvalue weighted by Crippen LogP contribution is -2.43. The van der Waals surface area contributed by atoms with Gasteiger partial charge in [-0.3, -0.25) is 4.79 Å². The van der Waals surface area contributed by atoms with Crippen molar-refractivity contribution in [1.29, 1.82) is 0 Å². The number of benzene rings is 1. The van der Waals surface area contributed by atoms with Crippen molar-refractivity contribution >= 4 is 5.91 Å². The van der Waals surface area contributed by atoms with E-state index in [0.29, 0.717) is 5.56 Å². The van der Waals surface area contributed by atoms with Gasteiger partial charge in [-0.2, -0.15) is 0 Å². The maximum absolute atomic E-state index is 12.0. The molecule has 1 amide bonds. The average molecular weight is 219 g/mol. The van der Waals surface area contributed by atoms with Gasteiger partial charge in [-0.15, -0.1) is 0 Å². The molecule has 1 aromatic rings. The topological polar surface area (TPSA) is 43.6 Å². The molecule has 1 saturated heterocycles. The third kappa shape index (κ3) is 2.33. The van der Waals surface area contributed by atoms with Crippen LogP contribution in [0.25, 0.3) is 0 Å². The maximum atomic E-state index is 12.0. The molecule has 0 aliphatic carbocycles. The van der Waals surface area contributed by atoms with Crippen LogP contribution in [0.2, 0.25) is 0 Å². The summed E-state index contributed by atoms with van der Waals surface area (Å²) in [6.45, 7) is 2.96. The predicted octanol–water partition coefficient (Wildman–Crippen LogP) is 0.755. The molecule has 2 rings (SSSR count). The van der Waals surface area contributed by atoms with Crippen molar-refractivity contribution in [3.8, 4) is 5.75 Å². The van der Waals surface area contributed by atoms with E-state index in [1.54, 1.807) is 19.2 Å². The van der Waals surface area contributed by atoms with Crippen molar-refractivity contribution in [2.24, 2.45) is 0 Å². The molecule has 1 radical (unpaired) electrons. The summed E-state index contributed by atoms with van der Waals surface area (Å²) in [7, 11) is 1.61. The Bertz CT molecular complexity index is 356. The second-order valence-electron chi connectivity index (χ2n) is 3.69. The van der Waals surface area contributed by atoms with Crippen LogP contribution in [0.15, 0.2) is 24.3 Å². The summed E-state index contributed by atoms with van der Waals surface area (Å²) in [6, 6.07) is 7.21. The fraction of sp³-hybridized carbons (Fsp3) is 0.417. The van der Waals surface area contributed by atoms with Crippen molar-refractivity contribution < 1.29 is 9.53 Å². The number of nitrogens with zero attached hydrogens (tertiary/aromatic N) is 2. The molecule has 1 aliphatic heterocycles. The molecule has 0 bridgehead atoms. The summed E-state index contributed by atoms with van der Waals surface area (Å²) in [5, 5.41) is 4.22. The molecule has 85 valence electrons. The normalized spacial score (nSPS) is 15.9. The zero-order chi connectivity index (χ0) is 11.4. The molecule has 1 aliphatic rings. The first-order chi connectivity index (χ1) is 7.81. The van der Waals surface area contributed by atoms with Crippen LogP contribution in [0.5, 0.6) is 5.75 Å². The van der Waals surface area contributed by atoms with E-state index in [1.165, 1.54) is 0 Å². The number of hydrogen-bond donors (Lipinski definition) is 0. The first kappa shape index (κ1) is 11.0. The van der Waals surface area contributed by atoms with E-state index in [2.05, 4.69) is 5.32 Å². The molecular weight excluding hydrogens is 204 g/mol. The maximum Gasteiger partial charge on any atom is 0.253 e. The molecule has 1 fully saturated rings. The minimum Gasteiger partial charge on any atom is -0.497 e. The van der Waals surface area contributed by atoms with Crippen LogP contribution in [0.3, 0.4) is 0 Å². The largest absolute Gasteiger partial charge is 0.497 e. The lowest BCUT2D eigenvalue weighted by atomic mass is 10.2. The zero-order valence-electron chi connectivity index (χ0n) is 9.35. The second-order valence-corrected chi connectivity index (χ2v) is 3.69. The third-order valence-corrected chi connectivity index (χ3v) is 2.68. The lowest BCUT2D eigenvalue weighted by molar-refractivity contribution is 0.0734. The molecule has 4 heteroatoms. The number of carbonyl (C=O) groups excluding carboxylic acids is 1. The van der Waals surface area contributed by atoms with E-state index in [9.17, 15) is 4.79 Å². The molecule has 16 heavy (non-hydrogen) atoms. The number of methoxy groups -OCH3 is 1. The van der Waals surface area contributed by atoms with Crippen molar-refractivity contribution in [3.05, 3.63) is 29.8 Å². The summed E-state index contributed by atoms with van der Waals surface area (Å²) in [6.07, 6.45) is 0. The summed E-state index contributed by atoms with van der Waals surface area (Å²) in [4.78, 5) is 13.9. The van der Waals surface area contributed by atoms with Gasteiger partial charge in [0.05, 0.1) is 7.11 Å². The van der Waals surface area contributed by atoms with E-state index >= 15 is 0 Å². The van der Waals surface area contributed by atoms with E-state index in [-0.39, 0.29) is 5.91 Å². The highest BCUT2D eigenvalue weighted by Crippen LogP contribution is 2.13. The molecule has 0 aromatic heterocycles. The molecule has 0 atom stereocenters. The van der Waals surface area contributed by atoms with E-state index in [1.807, 2.05) is 17.0 Å². The van der Waals surface area contributed by atoms with Crippen molar-refractivity contribution in [2.45, 2.75) is 0 Å². The lowest BCUT2D eigenvalue weighted by Gasteiger charge is -2.26. The van der Waals surface area contributed by atoms with Crippen LogP contribution >= 0.6 is 0 Å². The Balaban J connectivity index is 2.07. The van der Waals surface area contributed by atoms with Crippen molar-refractivity contribution in [3.63, 3.8) is 0 Å². The summed E-state index contributed by atoms with van der Waals surface area (Å²) >= 11 is 0. The highest BCUT2D eigenvalue weighted by atomic mass is 16.5. The Kier molecular flexibility index (Phi) is 3.41. The number of carbonyl (C=O) groups is 1. The van der Waals surface area contributed by atoms with E-state index < -0.39 is 0 Å². The Morgan fingerprint density at radius 3 is 2.44 bits per heavy atom. The van der Waals surface area contributed by atoms with Crippen LogP contribution in [-0.2, 0) is 0 Å². The Morgan fingerprint density at radius 1 is 1.25 bits per heavy atom. The van der Waals surface area contributed by atoms with Crippen LogP contribution in [-0.4, -0.2) is 44.1 Å². The zero-order valence-corrected chi connectivity index (χ0v) is 9.35. The number of hydrogen-bond acceptors (Lipinski definition) is 2. The number of piperazine rings is 1. The average Bonchev–Trinajstić information content (AvgIpc) is 2.39. The molecule has 0 spiro atoms. The van der Waals surface area contributed by atoms with E-state index in [0.717, 1.165) is 31.9 Å². The monoisotopic (exact) mass is 219 g/mol. The fourth-order valence-corrected chi connectivity index (χ4v) is 1.73. The number of rotatable bonds is 2. The quantitative estimate of drug-likeness (QED) is 0.737. The second kappa shape index (κ2) is 4.99. The van der Waals surface area contributed by atoms with Crippen molar-refractivity contribution in [1.82, 2.24) is 10.2 Å². The van der Waals surface area contributed by atoms with Gasteiger partial charge in [0.2, 0.25) is 0 Å². The Hall–Kier alpha value is -1.55. The third-order valence-electron chi connectivity index (χ3n) is 2.68. The van der Waals surface area contributed by atoms with Gasteiger partial charge < -0.3 is 9.64 Å². The van der Waals surface area contributed by atoms with Gasteiger partial charge in [0, 0.05) is 31.7 Å². The van der Waals surface area contributed by atoms with Crippen LogP contribution < -0.4 is 10.1 Å². The van der Waals surface area contributed by atoms with Gasteiger partial charge in [-0.25, -0.2) is 5.32 Å².